The standard InChI is InChI=1S/C8H6F3NO2/c9-4-1-6(11)7(2-5(4)10)12-8(14)3-13/h1-2,13H,3H2,(H,12,14). The van der Waals surface area contributed by atoms with E-state index in [0.717, 1.165) is 0 Å². The van der Waals surface area contributed by atoms with E-state index in [1.54, 1.807) is 0 Å². The predicted molar refractivity (Wildman–Crippen MR) is 42.0 cm³/mol. The van der Waals surface area contributed by atoms with Crippen molar-refractivity contribution in [2.75, 3.05) is 11.9 Å². The second-order valence-electron chi connectivity index (χ2n) is 2.45. The van der Waals surface area contributed by atoms with Crippen LogP contribution in [0.2, 0.25) is 0 Å². The summed E-state index contributed by atoms with van der Waals surface area (Å²) in [6.45, 7) is -0.863. The summed E-state index contributed by atoms with van der Waals surface area (Å²) in [6, 6.07) is 0.806. The minimum Gasteiger partial charge on any atom is -0.387 e. The van der Waals surface area contributed by atoms with Crippen LogP contribution in [0.1, 0.15) is 0 Å². The summed E-state index contributed by atoms with van der Waals surface area (Å²) >= 11 is 0. The Morgan fingerprint density at radius 1 is 1.21 bits per heavy atom. The SMILES string of the molecule is O=C(CO)Nc1cc(F)c(F)cc1F. The lowest BCUT2D eigenvalue weighted by Gasteiger charge is -2.04. The first-order valence-electron chi connectivity index (χ1n) is 3.60. The molecule has 0 unspecified atom stereocenters. The molecule has 1 rings (SSSR count). The van der Waals surface area contributed by atoms with Gasteiger partial charge in [0.2, 0.25) is 5.91 Å². The number of hydrogen-bond acceptors (Lipinski definition) is 2. The number of amides is 1. The largest absolute Gasteiger partial charge is 0.387 e. The molecule has 76 valence electrons. The van der Waals surface area contributed by atoms with Crippen LogP contribution >= 0.6 is 0 Å². The van der Waals surface area contributed by atoms with Gasteiger partial charge >= 0.3 is 0 Å². The molecular formula is C8H6F3NO2. The smallest absolute Gasteiger partial charge is 0.250 e. The van der Waals surface area contributed by atoms with Gasteiger partial charge in [-0.05, 0) is 0 Å². The van der Waals surface area contributed by atoms with Crippen LogP contribution < -0.4 is 5.32 Å². The summed E-state index contributed by atoms with van der Waals surface area (Å²) in [5, 5.41) is 10.2. The molecule has 6 heteroatoms. The van der Waals surface area contributed by atoms with E-state index in [-0.39, 0.29) is 0 Å². The summed E-state index contributed by atoms with van der Waals surface area (Å²) < 4.78 is 37.8. The Bertz CT molecular complexity index is 368. The molecule has 0 saturated carbocycles. The van der Waals surface area contributed by atoms with Crippen molar-refractivity contribution in [3.8, 4) is 0 Å². The number of aliphatic hydroxyl groups excluding tert-OH is 1. The number of carbonyl (C=O) groups excluding carboxylic acids is 1. The molecule has 14 heavy (non-hydrogen) atoms. The maximum absolute atomic E-state index is 12.8. The Balaban J connectivity index is 2.98. The van der Waals surface area contributed by atoms with Crippen LogP contribution in [0.15, 0.2) is 12.1 Å². The Labute approximate surface area is 77.2 Å². The third kappa shape index (κ3) is 2.23. The van der Waals surface area contributed by atoms with Gasteiger partial charge in [0.25, 0.3) is 0 Å². The highest BCUT2D eigenvalue weighted by molar-refractivity contribution is 5.91. The molecule has 0 aromatic heterocycles. The van der Waals surface area contributed by atoms with Crippen molar-refractivity contribution in [2.24, 2.45) is 0 Å². The molecule has 0 spiro atoms. The zero-order valence-electron chi connectivity index (χ0n) is 6.85. The first-order chi connectivity index (χ1) is 6.54. The summed E-state index contributed by atoms with van der Waals surface area (Å²) in [5.41, 5.74) is -0.511. The van der Waals surface area contributed by atoms with E-state index in [4.69, 9.17) is 5.11 Å². The Morgan fingerprint density at radius 2 is 1.79 bits per heavy atom. The van der Waals surface area contributed by atoms with E-state index in [1.807, 2.05) is 5.32 Å². The topological polar surface area (TPSA) is 49.3 Å². The summed E-state index contributed by atoms with van der Waals surface area (Å²) in [4.78, 5) is 10.6. The third-order valence-electron chi connectivity index (χ3n) is 1.43. The van der Waals surface area contributed by atoms with Gasteiger partial charge in [0.15, 0.2) is 11.6 Å². The van der Waals surface area contributed by atoms with Crippen molar-refractivity contribution in [1.82, 2.24) is 0 Å². The van der Waals surface area contributed by atoms with E-state index in [0.29, 0.717) is 12.1 Å². The van der Waals surface area contributed by atoms with Crippen molar-refractivity contribution < 1.29 is 23.1 Å². The van der Waals surface area contributed by atoms with Crippen molar-refractivity contribution in [3.05, 3.63) is 29.6 Å². The summed E-state index contributed by atoms with van der Waals surface area (Å²) in [5.74, 6) is -4.63. The van der Waals surface area contributed by atoms with Gasteiger partial charge in [0.05, 0.1) is 5.69 Å². The number of carbonyl (C=O) groups is 1. The molecule has 0 bridgehead atoms. The van der Waals surface area contributed by atoms with E-state index in [9.17, 15) is 18.0 Å². The fraction of sp³-hybridized carbons (Fsp3) is 0.125. The Hall–Kier alpha value is -1.56. The molecule has 1 aromatic rings. The zero-order valence-corrected chi connectivity index (χ0v) is 6.85. The number of halogens is 3. The zero-order chi connectivity index (χ0) is 10.7. The van der Waals surface area contributed by atoms with E-state index in [1.165, 1.54) is 0 Å². The van der Waals surface area contributed by atoms with Crippen molar-refractivity contribution in [1.29, 1.82) is 0 Å². The fourth-order valence-corrected chi connectivity index (χ4v) is 0.808. The Kier molecular flexibility index (Phi) is 3.08. The molecule has 3 nitrogen and oxygen atoms in total. The minimum absolute atomic E-state index is 0.308. The van der Waals surface area contributed by atoms with Gasteiger partial charge in [-0.25, -0.2) is 13.2 Å². The predicted octanol–water partition coefficient (Wildman–Crippen LogP) is 1.03. The molecule has 2 N–H and O–H groups in total. The number of rotatable bonds is 2. The first kappa shape index (κ1) is 10.5. The molecular weight excluding hydrogens is 199 g/mol. The van der Waals surface area contributed by atoms with Crippen molar-refractivity contribution >= 4 is 11.6 Å². The number of aliphatic hydroxyl groups is 1. The van der Waals surface area contributed by atoms with Crippen LogP contribution in [0, 0.1) is 17.5 Å². The lowest BCUT2D eigenvalue weighted by Crippen LogP contribution is -2.16. The average Bonchev–Trinajstić information content (AvgIpc) is 2.14. The average molecular weight is 205 g/mol. The van der Waals surface area contributed by atoms with Crippen LogP contribution in [0.25, 0.3) is 0 Å². The molecule has 1 amide bonds. The van der Waals surface area contributed by atoms with Gasteiger partial charge in [-0.15, -0.1) is 0 Å². The maximum atomic E-state index is 12.8. The van der Waals surface area contributed by atoms with Gasteiger partial charge in [-0.3, -0.25) is 4.79 Å². The van der Waals surface area contributed by atoms with Crippen molar-refractivity contribution in [3.63, 3.8) is 0 Å². The monoisotopic (exact) mass is 205 g/mol. The minimum atomic E-state index is -1.34. The lowest BCUT2D eigenvalue weighted by molar-refractivity contribution is -0.118. The second-order valence-corrected chi connectivity index (χ2v) is 2.45. The maximum Gasteiger partial charge on any atom is 0.250 e. The van der Waals surface area contributed by atoms with E-state index >= 15 is 0 Å². The lowest BCUT2D eigenvalue weighted by atomic mass is 10.3. The normalized spacial score (nSPS) is 10.0. The highest BCUT2D eigenvalue weighted by atomic mass is 19.2. The molecule has 0 saturated heterocycles. The van der Waals surface area contributed by atoms with Crippen LogP contribution in [0.3, 0.4) is 0 Å². The summed E-state index contributed by atoms with van der Waals surface area (Å²) in [7, 11) is 0. The quantitative estimate of drug-likeness (QED) is 0.708. The molecule has 0 aliphatic heterocycles. The van der Waals surface area contributed by atoms with Gasteiger partial charge < -0.3 is 10.4 Å². The molecule has 0 fully saturated rings. The summed E-state index contributed by atoms with van der Waals surface area (Å²) in [6.07, 6.45) is 0. The van der Waals surface area contributed by atoms with Gasteiger partial charge in [-0.2, -0.15) is 0 Å². The first-order valence-corrected chi connectivity index (χ1v) is 3.60. The number of anilines is 1. The molecule has 0 heterocycles. The van der Waals surface area contributed by atoms with Crippen LogP contribution in [-0.4, -0.2) is 17.6 Å². The fourth-order valence-electron chi connectivity index (χ4n) is 0.808. The molecule has 1 aromatic carbocycles. The number of nitrogens with one attached hydrogen (secondary N) is 1. The Morgan fingerprint density at radius 3 is 2.36 bits per heavy atom. The van der Waals surface area contributed by atoms with Gasteiger partial charge in [0, 0.05) is 12.1 Å². The molecule has 0 aliphatic rings. The molecule has 0 radical (unpaired) electrons. The highest BCUT2D eigenvalue weighted by Crippen LogP contribution is 2.17. The van der Waals surface area contributed by atoms with E-state index < -0.39 is 35.7 Å². The molecule has 0 atom stereocenters. The van der Waals surface area contributed by atoms with Crippen LogP contribution in [-0.2, 0) is 4.79 Å². The molecule has 0 aliphatic carbocycles. The number of hydrogen-bond donors (Lipinski definition) is 2. The van der Waals surface area contributed by atoms with Crippen molar-refractivity contribution in [2.45, 2.75) is 0 Å². The van der Waals surface area contributed by atoms with Gasteiger partial charge in [-0.1, -0.05) is 0 Å². The second kappa shape index (κ2) is 4.10. The van der Waals surface area contributed by atoms with Crippen LogP contribution in [0.4, 0.5) is 18.9 Å². The van der Waals surface area contributed by atoms with Crippen LogP contribution in [0.5, 0.6) is 0 Å². The van der Waals surface area contributed by atoms with E-state index in [2.05, 4.69) is 0 Å². The van der Waals surface area contributed by atoms with Gasteiger partial charge in [0.1, 0.15) is 12.4 Å². The number of benzene rings is 1. The highest BCUT2D eigenvalue weighted by Gasteiger charge is 2.11. The third-order valence-corrected chi connectivity index (χ3v) is 1.43.